The van der Waals surface area contributed by atoms with Crippen LogP contribution in [0.5, 0.6) is 0 Å². The van der Waals surface area contributed by atoms with Crippen LogP contribution in [0, 0.1) is 5.92 Å². The molecule has 31 heavy (non-hydrogen) atoms. The Balaban J connectivity index is 0.00000480. The second-order valence-electron chi connectivity index (χ2n) is 8.47. The summed E-state index contributed by atoms with van der Waals surface area (Å²) in [6.07, 6.45) is 5.93. The summed E-state index contributed by atoms with van der Waals surface area (Å²) >= 11 is 1.80. The zero-order chi connectivity index (χ0) is 21.8. The van der Waals surface area contributed by atoms with Gasteiger partial charge in [-0.25, -0.2) is 4.98 Å². The predicted molar refractivity (Wildman–Crippen MR) is 146 cm³/mol. The molecule has 1 unspecified atom stereocenters. The van der Waals surface area contributed by atoms with Crippen molar-refractivity contribution in [3.63, 3.8) is 0 Å². The molecule has 180 valence electrons. The number of thiazole rings is 1. The van der Waals surface area contributed by atoms with E-state index in [0.29, 0.717) is 6.04 Å². The molecule has 1 aliphatic heterocycles. The first-order chi connectivity index (χ1) is 14.6. The van der Waals surface area contributed by atoms with Gasteiger partial charge in [-0.05, 0) is 77.7 Å². The smallest absolute Gasteiger partial charge is 0.191 e. The number of rotatable bonds is 12. The Morgan fingerprint density at radius 3 is 2.58 bits per heavy atom. The summed E-state index contributed by atoms with van der Waals surface area (Å²) in [4.78, 5) is 14.2. The molecule has 2 heterocycles. The minimum absolute atomic E-state index is 0. The Labute approximate surface area is 211 Å². The van der Waals surface area contributed by atoms with Gasteiger partial charge in [-0.3, -0.25) is 9.89 Å². The van der Waals surface area contributed by atoms with Crippen LogP contribution in [0.2, 0.25) is 0 Å². The Hall–Kier alpha value is -0.450. The lowest BCUT2D eigenvalue weighted by molar-refractivity contribution is 0.176. The summed E-state index contributed by atoms with van der Waals surface area (Å²) in [7, 11) is 1.87. The minimum atomic E-state index is 0. The number of nitrogens with zero attached hydrogens (tertiary/aromatic N) is 4. The van der Waals surface area contributed by atoms with Crippen LogP contribution >= 0.6 is 35.3 Å². The summed E-state index contributed by atoms with van der Waals surface area (Å²) in [6, 6.07) is 0.444. The van der Waals surface area contributed by atoms with Gasteiger partial charge < -0.3 is 15.5 Å². The highest BCUT2D eigenvalue weighted by Gasteiger charge is 2.20. The minimum Gasteiger partial charge on any atom is -0.356 e. The summed E-state index contributed by atoms with van der Waals surface area (Å²) < 4.78 is 0. The molecule has 0 radical (unpaired) electrons. The third-order valence-electron chi connectivity index (χ3n) is 6.17. The second-order valence-corrected chi connectivity index (χ2v) is 9.42. The predicted octanol–water partition coefficient (Wildman–Crippen LogP) is 4.21. The number of halogens is 1. The Morgan fingerprint density at radius 2 is 2.00 bits per heavy atom. The maximum atomic E-state index is 4.72. The van der Waals surface area contributed by atoms with Gasteiger partial charge in [0.1, 0.15) is 0 Å². The third-order valence-corrected chi connectivity index (χ3v) is 7.21. The SMILES string of the molecule is CCc1nc(CN2CCC(CNC(=NC)NC(C)CCCN(CC)CC)CC2)cs1.I. The molecule has 0 bridgehead atoms. The summed E-state index contributed by atoms with van der Waals surface area (Å²) in [6.45, 7) is 16.7. The van der Waals surface area contributed by atoms with Crippen LogP contribution in [0.4, 0.5) is 0 Å². The van der Waals surface area contributed by atoms with E-state index in [9.17, 15) is 0 Å². The lowest BCUT2D eigenvalue weighted by atomic mass is 9.97. The normalized spacial score (nSPS) is 16.9. The molecule has 0 aliphatic carbocycles. The van der Waals surface area contributed by atoms with Gasteiger partial charge >= 0.3 is 0 Å². The first kappa shape index (κ1) is 28.6. The van der Waals surface area contributed by atoms with Gasteiger partial charge in [0.2, 0.25) is 0 Å². The van der Waals surface area contributed by atoms with Crippen LogP contribution in [-0.2, 0) is 13.0 Å². The Bertz CT molecular complexity index is 611. The molecule has 8 heteroatoms. The van der Waals surface area contributed by atoms with Gasteiger partial charge in [0, 0.05) is 31.6 Å². The third kappa shape index (κ3) is 10.8. The molecule has 0 amide bonds. The molecule has 2 rings (SSSR count). The largest absolute Gasteiger partial charge is 0.356 e. The number of aromatic nitrogens is 1. The molecule has 0 spiro atoms. The fourth-order valence-corrected chi connectivity index (χ4v) is 4.80. The average Bonchev–Trinajstić information content (AvgIpc) is 3.22. The van der Waals surface area contributed by atoms with E-state index in [0.717, 1.165) is 44.5 Å². The average molecular weight is 565 g/mol. The van der Waals surface area contributed by atoms with Gasteiger partial charge in [-0.2, -0.15) is 0 Å². The second kappa shape index (κ2) is 16.2. The van der Waals surface area contributed by atoms with Crippen molar-refractivity contribution in [2.24, 2.45) is 10.9 Å². The fraction of sp³-hybridized carbons (Fsp3) is 0.826. The number of aliphatic imine (C=N–C) groups is 1. The van der Waals surface area contributed by atoms with Crippen molar-refractivity contribution in [1.29, 1.82) is 0 Å². The Morgan fingerprint density at radius 1 is 1.29 bits per heavy atom. The number of likely N-dealkylation sites (tertiary alicyclic amines) is 1. The van der Waals surface area contributed by atoms with E-state index in [1.54, 1.807) is 11.3 Å². The van der Waals surface area contributed by atoms with Crippen LogP contribution in [0.25, 0.3) is 0 Å². The van der Waals surface area contributed by atoms with Gasteiger partial charge in [0.05, 0.1) is 10.7 Å². The highest BCUT2D eigenvalue weighted by Crippen LogP contribution is 2.19. The topological polar surface area (TPSA) is 55.8 Å². The summed E-state index contributed by atoms with van der Waals surface area (Å²) in [5.41, 5.74) is 1.24. The molecule has 2 N–H and O–H groups in total. The summed E-state index contributed by atoms with van der Waals surface area (Å²) in [5.74, 6) is 1.67. The molecule has 1 aromatic rings. The highest BCUT2D eigenvalue weighted by molar-refractivity contribution is 14.0. The maximum Gasteiger partial charge on any atom is 0.191 e. The van der Waals surface area contributed by atoms with Gasteiger partial charge in [0.15, 0.2) is 5.96 Å². The molecule has 1 saturated heterocycles. The van der Waals surface area contributed by atoms with Crippen molar-refractivity contribution in [3.05, 3.63) is 16.1 Å². The van der Waals surface area contributed by atoms with E-state index in [2.05, 4.69) is 58.5 Å². The lowest BCUT2D eigenvalue weighted by Crippen LogP contribution is -2.45. The summed E-state index contributed by atoms with van der Waals surface area (Å²) in [5, 5.41) is 10.6. The lowest BCUT2D eigenvalue weighted by Gasteiger charge is -2.32. The van der Waals surface area contributed by atoms with Crippen molar-refractivity contribution in [2.45, 2.75) is 72.4 Å². The maximum absolute atomic E-state index is 4.72. The molecular weight excluding hydrogens is 519 g/mol. The van der Waals surface area contributed by atoms with E-state index in [1.165, 1.54) is 56.0 Å². The van der Waals surface area contributed by atoms with Crippen molar-refractivity contribution >= 4 is 41.3 Å². The number of hydrogen-bond donors (Lipinski definition) is 2. The van der Waals surface area contributed by atoms with Crippen molar-refractivity contribution < 1.29 is 0 Å². The van der Waals surface area contributed by atoms with Gasteiger partial charge in [-0.15, -0.1) is 35.3 Å². The van der Waals surface area contributed by atoms with E-state index in [-0.39, 0.29) is 24.0 Å². The van der Waals surface area contributed by atoms with Crippen molar-refractivity contribution in [3.8, 4) is 0 Å². The molecular formula is C23H45IN6S. The molecule has 0 saturated carbocycles. The van der Waals surface area contributed by atoms with Crippen LogP contribution in [-0.4, -0.2) is 73.1 Å². The van der Waals surface area contributed by atoms with Crippen LogP contribution in [0.1, 0.15) is 64.1 Å². The van der Waals surface area contributed by atoms with Crippen LogP contribution in [0.3, 0.4) is 0 Å². The molecule has 1 aromatic heterocycles. The van der Waals surface area contributed by atoms with Crippen molar-refractivity contribution in [1.82, 2.24) is 25.4 Å². The number of hydrogen-bond acceptors (Lipinski definition) is 5. The first-order valence-electron chi connectivity index (χ1n) is 11.9. The van der Waals surface area contributed by atoms with Crippen molar-refractivity contribution in [2.75, 3.05) is 46.3 Å². The number of piperidine rings is 1. The molecule has 0 aromatic carbocycles. The Kier molecular flexibility index (Phi) is 14.9. The number of guanidine groups is 1. The monoisotopic (exact) mass is 564 g/mol. The molecule has 1 fully saturated rings. The fourth-order valence-electron chi connectivity index (χ4n) is 4.06. The molecule has 1 atom stereocenters. The molecule has 1 aliphatic rings. The molecule has 6 nitrogen and oxygen atoms in total. The van der Waals surface area contributed by atoms with E-state index in [4.69, 9.17) is 4.98 Å². The van der Waals surface area contributed by atoms with E-state index < -0.39 is 0 Å². The van der Waals surface area contributed by atoms with E-state index in [1.807, 2.05) is 7.05 Å². The van der Waals surface area contributed by atoms with Crippen LogP contribution in [0.15, 0.2) is 10.4 Å². The quantitative estimate of drug-likeness (QED) is 0.226. The number of nitrogens with one attached hydrogen (secondary N) is 2. The zero-order valence-corrected chi connectivity index (χ0v) is 23.5. The highest BCUT2D eigenvalue weighted by atomic mass is 127. The standard InChI is InChI=1S/C23H44N6S.HI/c1-6-22-27-21(18-30-22)17-29-14-11-20(12-15-29)16-25-23(24-5)26-19(4)10-9-13-28(7-2)8-3;/h18-20H,6-17H2,1-5H3,(H2,24,25,26);1H. The first-order valence-corrected chi connectivity index (χ1v) is 12.8. The zero-order valence-electron chi connectivity index (χ0n) is 20.3. The van der Waals surface area contributed by atoms with Gasteiger partial charge in [0.25, 0.3) is 0 Å². The van der Waals surface area contributed by atoms with Gasteiger partial charge in [-0.1, -0.05) is 20.8 Å². The van der Waals surface area contributed by atoms with Crippen LogP contribution < -0.4 is 10.6 Å². The number of aryl methyl sites for hydroxylation is 1. The van der Waals surface area contributed by atoms with E-state index >= 15 is 0 Å².